The lowest BCUT2D eigenvalue weighted by molar-refractivity contribution is 0.376. The fourth-order valence-corrected chi connectivity index (χ4v) is 3.52. The number of piperazine rings is 1. The third-order valence-electron chi connectivity index (χ3n) is 4.89. The zero-order chi connectivity index (χ0) is 14.8. The van der Waals surface area contributed by atoms with Crippen LogP contribution in [0.3, 0.4) is 0 Å². The number of pyridine rings is 1. The van der Waals surface area contributed by atoms with Crippen LogP contribution < -0.4 is 10.2 Å². The molecule has 112 valence electrons. The van der Waals surface area contributed by atoms with Gasteiger partial charge in [-0.1, -0.05) is 13.8 Å². The summed E-state index contributed by atoms with van der Waals surface area (Å²) in [5.74, 6) is 0.921. The smallest absolute Gasteiger partial charge is 0.147 e. The Balaban J connectivity index is 1.99. The van der Waals surface area contributed by atoms with E-state index in [2.05, 4.69) is 36.2 Å². The van der Waals surface area contributed by atoms with Crippen molar-refractivity contribution in [2.24, 2.45) is 0 Å². The van der Waals surface area contributed by atoms with Crippen molar-refractivity contribution in [3.8, 4) is 6.07 Å². The predicted molar refractivity (Wildman–Crippen MR) is 84.5 cm³/mol. The van der Waals surface area contributed by atoms with Crippen LogP contribution in [0.5, 0.6) is 0 Å². The number of hydrogen-bond donors (Lipinski definition) is 1. The summed E-state index contributed by atoms with van der Waals surface area (Å²) in [5, 5.41) is 13.1. The molecule has 1 aromatic rings. The number of aryl methyl sites for hydroxylation is 2. The molecule has 1 aliphatic carbocycles. The standard InChI is InChI=1S/C17H24N4/c1-3-14-11-21(15(4-2)10-19-14)17-13(9-18)8-12-6-5-7-16(12)20-17/h8,14-15,19H,3-7,10-11H2,1-2H3. The summed E-state index contributed by atoms with van der Waals surface area (Å²) in [7, 11) is 0. The number of nitrogens with one attached hydrogen (secondary N) is 1. The van der Waals surface area contributed by atoms with Gasteiger partial charge in [0.15, 0.2) is 0 Å². The lowest BCUT2D eigenvalue weighted by Crippen LogP contribution is -2.56. The van der Waals surface area contributed by atoms with E-state index in [4.69, 9.17) is 4.98 Å². The van der Waals surface area contributed by atoms with E-state index in [1.165, 1.54) is 17.7 Å². The van der Waals surface area contributed by atoms with Gasteiger partial charge in [-0.15, -0.1) is 0 Å². The molecule has 1 saturated heterocycles. The van der Waals surface area contributed by atoms with Gasteiger partial charge in [-0.25, -0.2) is 4.98 Å². The molecule has 0 saturated carbocycles. The van der Waals surface area contributed by atoms with Crippen molar-refractivity contribution in [3.05, 3.63) is 22.9 Å². The van der Waals surface area contributed by atoms with E-state index in [0.29, 0.717) is 12.1 Å². The molecule has 3 rings (SSSR count). The Morgan fingerprint density at radius 1 is 1.38 bits per heavy atom. The van der Waals surface area contributed by atoms with E-state index in [9.17, 15) is 5.26 Å². The average Bonchev–Trinajstić information content (AvgIpc) is 3.00. The molecule has 1 N–H and O–H groups in total. The van der Waals surface area contributed by atoms with E-state index in [0.717, 1.165) is 50.2 Å². The molecule has 1 aromatic heterocycles. The summed E-state index contributed by atoms with van der Waals surface area (Å²) in [6.45, 7) is 6.36. The van der Waals surface area contributed by atoms with E-state index in [1.807, 2.05) is 0 Å². The fourth-order valence-electron chi connectivity index (χ4n) is 3.52. The first-order valence-corrected chi connectivity index (χ1v) is 8.19. The third kappa shape index (κ3) is 2.63. The second-order valence-corrected chi connectivity index (χ2v) is 6.16. The highest BCUT2D eigenvalue weighted by Gasteiger charge is 2.29. The minimum atomic E-state index is 0.437. The van der Waals surface area contributed by atoms with Gasteiger partial charge in [-0.3, -0.25) is 0 Å². The zero-order valence-corrected chi connectivity index (χ0v) is 13.0. The summed E-state index contributed by atoms with van der Waals surface area (Å²) >= 11 is 0. The van der Waals surface area contributed by atoms with Gasteiger partial charge in [-0.2, -0.15) is 5.26 Å². The van der Waals surface area contributed by atoms with E-state index in [-0.39, 0.29) is 0 Å². The number of hydrogen-bond acceptors (Lipinski definition) is 4. The molecule has 0 bridgehead atoms. The van der Waals surface area contributed by atoms with Crippen LogP contribution in [0, 0.1) is 11.3 Å². The number of nitrogens with zero attached hydrogens (tertiary/aromatic N) is 3. The largest absolute Gasteiger partial charge is 0.350 e. The van der Waals surface area contributed by atoms with Gasteiger partial charge in [0.05, 0.1) is 5.56 Å². The molecule has 1 fully saturated rings. The van der Waals surface area contributed by atoms with E-state index < -0.39 is 0 Å². The Hall–Kier alpha value is -1.60. The highest BCUT2D eigenvalue weighted by Crippen LogP contribution is 2.29. The predicted octanol–water partition coefficient (Wildman–Crippen LogP) is 2.41. The highest BCUT2D eigenvalue weighted by atomic mass is 15.3. The molecule has 4 heteroatoms. The van der Waals surface area contributed by atoms with Crippen LogP contribution in [0.15, 0.2) is 6.07 Å². The minimum absolute atomic E-state index is 0.437. The highest BCUT2D eigenvalue weighted by molar-refractivity contribution is 5.58. The second-order valence-electron chi connectivity index (χ2n) is 6.16. The number of fused-ring (bicyclic) bond motifs is 1. The topological polar surface area (TPSA) is 52.0 Å². The van der Waals surface area contributed by atoms with Crippen LogP contribution in [0.2, 0.25) is 0 Å². The van der Waals surface area contributed by atoms with Gasteiger partial charge >= 0.3 is 0 Å². The fraction of sp³-hybridized carbons (Fsp3) is 0.647. The lowest BCUT2D eigenvalue weighted by Gasteiger charge is -2.41. The van der Waals surface area contributed by atoms with Crippen molar-refractivity contribution >= 4 is 5.82 Å². The number of anilines is 1. The van der Waals surface area contributed by atoms with Crippen molar-refractivity contribution in [1.82, 2.24) is 10.3 Å². The zero-order valence-electron chi connectivity index (χ0n) is 13.0. The van der Waals surface area contributed by atoms with Crippen molar-refractivity contribution in [2.45, 2.75) is 58.0 Å². The van der Waals surface area contributed by atoms with Crippen molar-refractivity contribution in [1.29, 1.82) is 5.26 Å². The van der Waals surface area contributed by atoms with Crippen molar-refractivity contribution < 1.29 is 0 Å². The number of rotatable bonds is 3. The maximum atomic E-state index is 9.53. The van der Waals surface area contributed by atoms with Crippen LogP contribution in [-0.4, -0.2) is 30.2 Å². The van der Waals surface area contributed by atoms with Gasteiger partial charge in [-0.05, 0) is 43.7 Å². The first kappa shape index (κ1) is 14.3. The Kier molecular flexibility index (Phi) is 4.12. The second kappa shape index (κ2) is 6.03. The molecule has 21 heavy (non-hydrogen) atoms. The summed E-state index contributed by atoms with van der Waals surface area (Å²) in [4.78, 5) is 7.27. The van der Waals surface area contributed by atoms with Crippen LogP contribution >= 0.6 is 0 Å². The van der Waals surface area contributed by atoms with Gasteiger partial charge in [0.2, 0.25) is 0 Å². The van der Waals surface area contributed by atoms with Crippen LogP contribution in [0.1, 0.15) is 49.9 Å². The van der Waals surface area contributed by atoms with Crippen molar-refractivity contribution in [3.63, 3.8) is 0 Å². The van der Waals surface area contributed by atoms with Gasteiger partial charge in [0.25, 0.3) is 0 Å². The van der Waals surface area contributed by atoms with E-state index >= 15 is 0 Å². The molecule has 0 spiro atoms. The summed E-state index contributed by atoms with van der Waals surface area (Å²) in [5.41, 5.74) is 3.25. The van der Waals surface area contributed by atoms with Crippen molar-refractivity contribution in [2.75, 3.05) is 18.0 Å². The Morgan fingerprint density at radius 2 is 2.24 bits per heavy atom. The minimum Gasteiger partial charge on any atom is -0.350 e. The van der Waals surface area contributed by atoms with Gasteiger partial charge < -0.3 is 10.2 Å². The van der Waals surface area contributed by atoms with Gasteiger partial charge in [0, 0.05) is 30.9 Å². The lowest BCUT2D eigenvalue weighted by atomic mass is 10.0. The van der Waals surface area contributed by atoms with Crippen LogP contribution in [-0.2, 0) is 12.8 Å². The molecule has 0 radical (unpaired) electrons. The molecule has 1 aliphatic heterocycles. The molecular formula is C17H24N4. The number of aromatic nitrogens is 1. The first-order valence-electron chi connectivity index (χ1n) is 8.19. The van der Waals surface area contributed by atoms with E-state index in [1.54, 1.807) is 0 Å². The monoisotopic (exact) mass is 284 g/mol. The SMILES string of the molecule is CCC1CN(c2nc3c(cc2C#N)CCC3)C(CC)CN1. The first-order chi connectivity index (χ1) is 10.3. The maximum Gasteiger partial charge on any atom is 0.147 e. The molecule has 4 nitrogen and oxygen atoms in total. The summed E-state index contributed by atoms with van der Waals surface area (Å²) < 4.78 is 0. The summed E-state index contributed by atoms with van der Waals surface area (Å²) in [6, 6.07) is 5.39. The van der Waals surface area contributed by atoms with Crippen LogP contribution in [0.25, 0.3) is 0 Å². The molecule has 0 aromatic carbocycles. The normalized spacial score (nSPS) is 24.7. The Labute approximate surface area is 127 Å². The Bertz CT molecular complexity index is 561. The molecule has 2 heterocycles. The Morgan fingerprint density at radius 3 is 2.95 bits per heavy atom. The summed E-state index contributed by atoms with van der Waals surface area (Å²) in [6.07, 6.45) is 5.50. The average molecular weight is 284 g/mol. The molecule has 2 aliphatic rings. The maximum absolute atomic E-state index is 9.53. The van der Waals surface area contributed by atoms with Crippen LogP contribution in [0.4, 0.5) is 5.82 Å². The molecule has 2 unspecified atom stereocenters. The number of nitriles is 1. The molecular weight excluding hydrogens is 260 g/mol. The third-order valence-corrected chi connectivity index (χ3v) is 4.89. The molecule has 2 atom stereocenters. The molecule has 0 amide bonds. The quantitative estimate of drug-likeness (QED) is 0.926. The van der Waals surface area contributed by atoms with Gasteiger partial charge in [0.1, 0.15) is 11.9 Å².